The van der Waals surface area contributed by atoms with Crippen LogP contribution in [0.15, 0.2) is 36.7 Å². The van der Waals surface area contributed by atoms with E-state index in [9.17, 15) is 17.9 Å². The van der Waals surface area contributed by atoms with Gasteiger partial charge in [0.15, 0.2) is 11.6 Å². The number of pyridine rings is 1. The number of nitrogens with two attached hydrogens (primary N) is 1. The number of rotatable bonds is 11. The Balaban J connectivity index is 1.59. The summed E-state index contributed by atoms with van der Waals surface area (Å²) < 4.78 is 48.8. The Kier molecular flexibility index (Phi) is 8.11. The lowest BCUT2D eigenvalue weighted by atomic mass is 10.0. The lowest BCUT2D eigenvalue weighted by Gasteiger charge is -2.13. The molecule has 34 heavy (non-hydrogen) atoms. The molecule has 0 aliphatic rings. The molecule has 0 radical (unpaired) electrons. The first kappa shape index (κ1) is 25.4. The molecule has 3 N–H and O–H groups in total. The number of hydrogen-bond donors (Lipinski definition) is 2. The van der Waals surface area contributed by atoms with Gasteiger partial charge in [-0.25, -0.2) is 9.37 Å². The minimum Gasteiger partial charge on any atom is -0.493 e. The van der Waals surface area contributed by atoms with Gasteiger partial charge in [0.1, 0.15) is 11.6 Å². The molecule has 0 aliphatic heterocycles. The molecule has 1 unspecified atom stereocenters. The highest BCUT2D eigenvalue weighted by Crippen LogP contribution is 2.30. The monoisotopic (exact) mass is 492 g/mol. The number of aliphatic hydroxyl groups is 1. The maximum absolute atomic E-state index is 13.4. The largest absolute Gasteiger partial charge is 0.493 e. The summed E-state index contributed by atoms with van der Waals surface area (Å²) in [6.45, 7) is 2.01. The highest BCUT2D eigenvalue weighted by atomic mass is 32.2. The first-order valence-electron chi connectivity index (χ1n) is 10.8. The Labute approximate surface area is 198 Å². The van der Waals surface area contributed by atoms with Gasteiger partial charge >= 0.3 is 10.1 Å². The van der Waals surface area contributed by atoms with Crippen molar-refractivity contribution in [3.8, 4) is 22.8 Å². The van der Waals surface area contributed by atoms with Crippen LogP contribution in [0.5, 0.6) is 11.5 Å². The van der Waals surface area contributed by atoms with Crippen molar-refractivity contribution in [2.45, 2.75) is 38.7 Å². The summed E-state index contributed by atoms with van der Waals surface area (Å²) in [6, 6.07) is 5.66. The average Bonchev–Trinajstić information content (AvgIpc) is 3.12. The predicted octanol–water partition coefficient (Wildman–Crippen LogP) is 3.39. The van der Waals surface area contributed by atoms with Crippen molar-refractivity contribution in [2.24, 2.45) is 7.05 Å². The van der Waals surface area contributed by atoms with Gasteiger partial charge in [-0.3, -0.25) is 4.68 Å². The molecule has 184 valence electrons. The number of aromatic nitrogens is 3. The van der Waals surface area contributed by atoms with E-state index in [1.807, 2.05) is 0 Å². The summed E-state index contributed by atoms with van der Waals surface area (Å²) in [5.41, 5.74) is 8.62. The van der Waals surface area contributed by atoms with Gasteiger partial charge in [0.05, 0.1) is 30.9 Å². The van der Waals surface area contributed by atoms with Crippen LogP contribution in [0, 0.1) is 5.82 Å². The number of halogens is 1. The number of hydrogen-bond acceptors (Lipinski definition) is 8. The van der Waals surface area contributed by atoms with Crippen LogP contribution >= 0.6 is 0 Å². The third kappa shape index (κ3) is 6.67. The second kappa shape index (κ2) is 10.8. The summed E-state index contributed by atoms with van der Waals surface area (Å²) in [7, 11) is -1.95. The maximum Gasteiger partial charge on any atom is 0.306 e. The summed E-state index contributed by atoms with van der Waals surface area (Å²) in [6.07, 6.45) is 6.72. The van der Waals surface area contributed by atoms with E-state index in [0.717, 1.165) is 43.2 Å². The Morgan fingerprint density at radius 2 is 1.94 bits per heavy atom. The van der Waals surface area contributed by atoms with Crippen LogP contribution in [0.4, 0.5) is 10.2 Å². The molecule has 3 rings (SSSR count). The molecular formula is C23H29FN4O5S. The molecule has 0 amide bonds. The standard InChI is InChI=1S/C23H29FN4O5S/c1-15(29)19-12-18(24)8-9-20(19)32-10-6-4-5-7-16-14-27-28(2)22(16)17-11-21(23(25)26-13-17)33-34(3,30)31/h8-9,11-15,29H,4-7,10H2,1-3H3,(H2,25,26). The first-order chi connectivity index (χ1) is 16.0. The number of unbranched alkanes of at least 4 members (excludes halogenated alkanes) is 2. The molecule has 2 aromatic heterocycles. The Morgan fingerprint density at radius 3 is 2.65 bits per heavy atom. The van der Waals surface area contributed by atoms with Gasteiger partial charge in [-0.05, 0) is 62.4 Å². The van der Waals surface area contributed by atoms with E-state index in [0.29, 0.717) is 23.5 Å². The highest BCUT2D eigenvalue weighted by Gasteiger charge is 2.16. The van der Waals surface area contributed by atoms with E-state index in [1.54, 1.807) is 37.1 Å². The molecule has 0 fully saturated rings. The molecule has 1 aromatic carbocycles. The van der Waals surface area contributed by atoms with E-state index < -0.39 is 22.0 Å². The molecule has 1 atom stereocenters. The van der Waals surface area contributed by atoms with Crippen molar-refractivity contribution in [1.29, 1.82) is 0 Å². The average molecular weight is 493 g/mol. The number of aliphatic hydroxyl groups excluding tert-OH is 1. The molecule has 2 heterocycles. The number of anilines is 1. The van der Waals surface area contributed by atoms with Crippen molar-refractivity contribution in [1.82, 2.24) is 14.8 Å². The molecule has 0 saturated carbocycles. The van der Waals surface area contributed by atoms with Gasteiger partial charge in [0.2, 0.25) is 0 Å². The van der Waals surface area contributed by atoms with Crippen LogP contribution in [0.25, 0.3) is 11.3 Å². The maximum atomic E-state index is 13.4. The number of aryl methyl sites for hydroxylation is 2. The molecule has 11 heteroatoms. The van der Waals surface area contributed by atoms with E-state index in [1.165, 1.54) is 18.2 Å². The topological polar surface area (TPSA) is 130 Å². The molecular weight excluding hydrogens is 463 g/mol. The van der Waals surface area contributed by atoms with Crippen LogP contribution in [-0.2, 0) is 23.6 Å². The zero-order valence-corrected chi connectivity index (χ0v) is 20.2. The lowest BCUT2D eigenvalue weighted by Crippen LogP contribution is -2.09. The summed E-state index contributed by atoms with van der Waals surface area (Å²) in [5, 5.41) is 14.1. The van der Waals surface area contributed by atoms with Crippen molar-refractivity contribution >= 4 is 15.9 Å². The van der Waals surface area contributed by atoms with E-state index in [-0.39, 0.29) is 11.6 Å². The molecule has 9 nitrogen and oxygen atoms in total. The van der Waals surface area contributed by atoms with E-state index >= 15 is 0 Å². The van der Waals surface area contributed by atoms with Gasteiger partial charge < -0.3 is 19.8 Å². The zero-order valence-electron chi connectivity index (χ0n) is 19.4. The molecule has 0 aliphatic carbocycles. The van der Waals surface area contributed by atoms with Gasteiger partial charge in [-0.15, -0.1) is 0 Å². The Hall–Kier alpha value is -3.18. The normalized spacial score (nSPS) is 12.5. The first-order valence-corrected chi connectivity index (χ1v) is 12.6. The van der Waals surface area contributed by atoms with Crippen LogP contribution in [0.1, 0.15) is 43.4 Å². The fraction of sp³-hybridized carbons (Fsp3) is 0.391. The van der Waals surface area contributed by atoms with Crippen molar-refractivity contribution in [3.63, 3.8) is 0 Å². The van der Waals surface area contributed by atoms with Gasteiger partial charge in [-0.2, -0.15) is 13.5 Å². The van der Waals surface area contributed by atoms with Gasteiger partial charge in [0, 0.05) is 24.4 Å². The number of nitrogen functional groups attached to an aromatic ring is 1. The summed E-state index contributed by atoms with van der Waals surface area (Å²) >= 11 is 0. The van der Waals surface area contributed by atoms with Crippen molar-refractivity contribution in [3.05, 3.63) is 53.6 Å². The Bertz CT molecular complexity index is 1240. The highest BCUT2D eigenvalue weighted by molar-refractivity contribution is 7.86. The molecule has 0 bridgehead atoms. The van der Waals surface area contributed by atoms with E-state index in [4.69, 9.17) is 14.7 Å². The molecule has 0 spiro atoms. The summed E-state index contributed by atoms with van der Waals surface area (Å²) in [4.78, 5) is 4.07. The van der Waals surface area contributed by atoms with Gasteiger partial charge in [0.25, 0.3) is 0 Å². The fourth-order valence-electron chi connectivity index (χ4n) is 3.61. The fourth-order valence-corrected chi connectivity index (χ4v) is 4.07. The third-order valence-corrected chi connectivity index (χ3v) is 5.66. The molecule has 3 aromatic rings. The number of nitrogens with zero attached hydrogens (tertiary/aromatic N) is 3. The van der Waals surface area contributed by atoms with Crippen molar-refractivity contribution < 1.29 is 26.8 Å². The van der Waals surface area contributed by atoms with E-state index in [2.05, 4.69) is 10.1 Å². The SMILES string of the molecule is CC(O)c1cc(F)ccc1OCCCCCc1cnn(C)c1-c1cnc(N)c(OS(C)(=O)=O)c1. The van der Waals surface area contributed by atoms with Crippen LogP contribution in [0.2, 0.25) is 0 Å². The van der Waals surface area contributed by atoms with Gasteiger partial charge in [-0.1, -0.05) is 0 Å². The minimum absolute atomic E-state index is 0.0159. The van der Waals surface area contributed by atoms with Crippen LogP contribution in [-0.4, -0.2) is 41.2 Å². The molecule has 0 saturated heterocycles. The second-order valence-electron chi connectivity index (χ2n) is 8.05. The zero-order chi connectivity index (χ0) is 24.9. The lowest BCUT2D eigenvalue weighted by molar-refractivity contribution is 0.190. The summed E-state index contributed by atoms with van der Waals surface area (Å²) in [5.74, 6) is 0.0233. The van der Waals surface area contributed by atoms with Crippen LogP contribution in [0.3, 0.4) is 0 Å². The smallest absolute Gasteiger partial charge is 0.306 e. The number of ether oxygens (including phenoxy) is 1. The predicted molar refractivity (Wildman–Crippen MR) is 126 cm³/mol. The Morgan fingerprint density at radius 1 is 1.18 bits per heavy atom. The minimum atomic E-state index is -3.75. The van der Waals surface area contributed by atoms with Crippen LogP contribution < -0.4 is 14.7 Å². The quantitative estimate of drug-likeness (QED) is 0.308. The third-order valence-electron chi connectivity index (χ3n) is 5.18. The number of benzene rings is 1. The second-order valence-corrected chi connectivity index (χ2v) is 9.63. The van der Waals surface area contributed by atoms with Crippen molar-refractivity contribution in [2.75, 3.05) is 18.6 Å².